The standard InChI is InChI=1S/C10H4BrF3N2O3/c11-3-8(17)5-1-2-7(10(12,13)14)6(4-15)9(5)16(18)19/h1-2H,3H2. The van der Waals surface area contributed by atoms with Gasteiger partial charge in [-0.3, -0.25) is 14.9 Å². The lowest BCUT2D eigenvalue weighted by Gasteiger charge is -2.10. The number of halogens is 4. The molecule has 0 unspecified atom stereocenters. The summed E-state index contributed by atoms with van der Waals surface area (Å²) in [7, 11) is 0. The van der Waals surface area contributed by atoms with Crippen molar-refractivity contribution in [3.05, 3.63) is 38.9 Å². The highest BCUT2D eigenvalue weighted by atomic mass is 79.9. The fraction of sp³-hybridized carbons (Fsp3) is 0.200. The number of carbonyl (C=O) groups excluding carboxylic acids is 1. The van der Waals surface area contributed by atoms with Crippen molar-refractivity contribution in [2.24, 2.45) is 0 Å². The predicted octanol–water partition coefficient (Wildman–Crippen LogP) is 3.06. The van der Waals surface area contributed by atoms with Gasteiger partial charge in [0, 0.05) is 0 Å². The van der Waals surface area contributed by atoms with Crippen LogP contribution in [0, 0.1) is 21.4 Å². The summed E-state index contributed by atoms with van der Waals surface area (Å²) in [5, 5.41) is 19.2. The van der Waals surface area contributed by atoms with Crippen molar-refractivity contribution in [1.82, 2.24) is 0 Å². The Morgan fingerprint density at radius 1 is 1.47 bits per heavy atom. The fourth-order valence-electron chi connectivity index (χ4n) is 1.43. The summed E-state index contributed by atoms with van der Waals surface area (Å²) in [5.74, 6) is -0.781. The Bertz CT molecular complexity index is 593. The van der Waals surface area contributed by atoms with E-state index in [1.54, 1.807) is 0 Å². The Morgan fingerprint density at radius 2 is 2.05 bits per heavy atom. The van der Waals surface area contributed by atoms with Crippen molar-refractivity contribution in [3.63, 3.8) is 0 Å². The molecule has 0 bridgehead atoms. The van der Waals surface area contributed by atoms with Crippen LogP contribution < -0.4 is 0 Å². The van der Waals surface area contributed by atoms with E-state index in [-0.39, 0.29) is 5.33 Å². The number of alkyl halides is 4. The topological polar surface area (TPSA) is 84.0 Å². The number of Topliss-reactive ketones (excluding diaryl/α,β-unsaturated/α-hetero) is 1. The van der Waals surface area contributed by atoms with Gasteiger partial charge in [0.05, 0.1) is 21.4 Å². The summed E-state index contributed by atoms with van der Waals surface area (Å²) < 4.78 is 37.9. The van der Waals surface area contributed by atoms with Gasteiger partial charge >= 0.3 is 6.18 Å². The van der Waals surface area contributed by atoms with Crippen LogP contribution in [0.1, 0.15) is 21.5 Å². The number of ketones is 1. The largest absolute Gasteiger partial charge is 0.417 e. The van der Waals surface area contributed by atoms with Gasteiger partial charge < -0.3 is 0 Å². The van der Waals surface area contributed by atoms with Gasteiger partial charge in [0.25, 0.3) is 5.69 Å². The highest BCUT2D eigenvalue weighted by Crippen LogP contribution is 2.37. The number of carbonyl (C=O) groups is 1. The first-order valence-electron chi connectivity index (χ1n) is 4.61. The third-order valence-electron chi connectivity index (χ3n) is 2.20. The normalized spacial score (nSPS) is 10.9. The van der Waals surface area contributed by atoms with Crippen molar-refractivity contribution >= 4 is 27.4 Å². The lowest BCUT2D eigenvalue weighted by molar-refractivity contribution is -0.385. The second-order valence-electron chi connectivity index (χ2n) is 3.31. The molecule has 100 valence electrons. The van der Waals surface area contributed by atoms with Crippen LogP contribution in [0.15, 0.2) is 12.1 Å². The Morgan fingerprint density at radius 3 is 2.42 bits per heavy atom. The number of rotatable bonds is 3. The molecule has 0 radical (unpaired) electrons. The maximum Gasteiger partial charge on any atom is 0.417 e. The van der Waals surface area contributed by atoms with E-state index in [9.17, 15) is 28.1 Å². The number of hydrogen-bond donors (Lipinski definition) is 0. The first kappa shape index (κ1) is 15.1. The van der Waals surface area contributed by atoms with Gasteiger partial charge in [0.1, 0.15) is 11.6 Å². The number of hydrogen-bond acceptors (Lipinski definition) is 4. The van der Waals surface area contributed by atoms with E-state index in [1.165, 1.54) is 0 Å². The minimum Gasteiger partial charge on any atom is -0.293 e. The van der Waals surface area contributed by atoms with Crippen molar-refractivity contribution in [1.29, 1.82) is 5.26 Å². The molecule has 19 heavy (non-hydrogen) atoms. The fourth-order valence-corrected chi connectivity index (χ4v) is 1.73. The van der Waals surface area contributed by atoms with E-state index in [4.69, 9.17) is 5.26 Å². The van der Waals surface area contributed by atoms with Gasteiger partial charge in [-0.1, -0.05) is 15.9 Å². The van der Waals surface area contributed by atoms with Crippen LogP contribution in [0.3, 0.4) is 0 Å². The summed E-state index contributed by atoms with van der Waals surface area (Å²) in [6.45, 7) is 0. The van der Waals surface area contributed by atoms with Crippen molar-refractivity contribution in [3.8, 4) is 6.07 Å². The minimum absolute atomic E-state index is 0.302. The number of benzene rings is 1. The number of nitrogens with zero attached hydrogens (tertiary/aromatic N) is 2. The molecule has 9 heteroatoms. The highest BCUT2D eigenvalue weighted by Gasteiger charge is 2.39. The molecule has 0 amide bonds. The molecular formula is C10H4BrF3N2O3. The third-order valence-corrected chi connectivity index (χ3v) is 2.71. The van der Waals surface area contributed by atoms with Crippen LogP contribution in [0.25, 0.3) is 0 Å². The summed E-state index contributed by atoms with van der Waals surface area (Å²) in [5.41, 5.74) is -4.26. The van der Waals surface area contributed by atoms with E-state index < -0.39 is 39.3 Å². The summed E-state index contributed by atoms with van der Waals surface area (Å²) in [4.78, 5) is 21.1. The van der Waals surface area contributed by atoms with Crippen LogP contribution in [-0.4, -0.2) is 16.0 Å². The van der Waals surface area contributed by atoms with Crippen molar-refractivity contribution in [2.75, 3.05) is 5.33 Å². The molecule has 1 aromatic carbocycles. The Balaban J connectivity index is 3.73. The molecular weight excluding hydrogens is 333 g/mol. The molecule has 0 N–H and O–H groups in total. The second-order valence-corrected chi connectivity index (χ2v) is 3.87. The number of nitro groups is 1. The van der Waals surface area contributed by atoms with Gasteiger partial charge in [-0.2, -0.15) is 18.4 Å². The molecule has 0 atom stereocenters. The Kier molecular flexibility index (Phi) is 4.26. The molecule has 0 aliphatic carbocycles. The summed E-state index contributed by atoms with van der Waals surface area (Å²) in [6.07, 6.45) is -4.91. The lowest BCUT2D eigenvalue weighted by atomic mass is 9.99. The Hall–Kier alpha value is -1.95. The maximum atomic E-state index is 12.6. The molecule has 0 heterocycles. The SMILES string of the molecule is N#Cc1c(C(F)(F)F)ccc(C(=O)CBr)c1[N+](=O)[O-]. The smallest absolute Gasteiger partial charge is 0.293 e. The average Bonchev–Trinajstić information content (AvgIpc) is 2.34. The highest BCUT2D eigenvalue weighted by molar-refractivity contribution is 9.09. The zero-order valence-electron chi connectivity index (χ0n) is 8.99. The maximum absolute atomic E-state index is 12.6. The third kappa shape index (κ3) is 2.90. The number of nitro benzene ring substituents is 1. The van der Waals surface area contributed by atoms with E-state index in [1.807, 2.05) is 0 Å². The van der Waals surface area contributed by atoms with Crippen LogP contribution in [0.5, 0.6) is 0 Å². The van der Waals surface area contributed by atoms with Gasteiger partial charge in [0.15, 0.2) is 5.78 Å². The molecule has 1 aromatic rings. The molecule has 0 saturated carbocycles. The Labute approximate surface area is 112 Å². The zero-order valence-corrected chi connectivity index (χ0v) is 10.6. The molecule has 5 nitrogen and oxygen atoms in total. The van der Waals surface area contributed by atoms with Gasteiger partial charge in [-0.25, -0.2) is 0 Å². The molecule has 1 rings (SSSR count). The predicted molar refractivity (Wildman–Crippen MR) is 60.9 cm³/mol. The van der Waals surface area contributed by atoms with E-state index >= 15 is 0 Å². The van der Waals surface area contributed by atoms with Gasteiger partial charge in [-0.05, 0) is 12.1 Å². The lowest BCUT2D eigenvalue weighted by Crippen LogP contribution is -2.13. The van der Waals surface area contributed by atoms with Crippen molar-refractivity contribution in [2.45, 2.75) is 6.18 Å². The van der Waals surface area contributed by atoms with Gasteiger partial charge in [-0.15, -0.1) is 0 Å². The zero-order chi connectivity index (χ0) is 14.8. The summed E-state index contributed by atoms with van der Waals surface area (Å²) in [6, 6.07) is 2.33. The summed E-state index contributed by atoms with van der Waals surface area (Å²) >= 11 is 2.76. The van der Waals surface area contributed by atoms with E-state index in [0.29, 0.717) is 12.1 Å². The number of nitriles is 1. The van der Waals surface area contributed by atoms with Gasteiger partial charge in [0.2, 0.25) is 0 Å². The molecule has 0 aliphatic heterocycles. The van der Waals surface area contributed by atoms with Crippen LogP contribution in [0.2, 0.25) is 0 Å². The molecule has 0 aromatic heterocycles. The average molecular weight is 337 g/mol. The quantitative estimate of drug-likeness (QED) is 0.367. The monoisotopic (exact) mass is 336 g/mol. The molecule has 0 saturated heterocycles. The van der Waals surface area contributed by atoms with Crippen molar-refractivity contribution < 1.29 is 22.9 Å². The molecule has 0 fully saturated rings. The van der Waals surface area contributed by atoms with E-state index in [0.717, 1.165) is 6.07 Å². The van der Waals surface area contributed by atoms with E-state index in [2.05, 4.69) is 15.9 Å². The first-order valence-corrected chi connectivity index (χ1v) is 5.74. The van der Waals surface area contributed by atoms with Crippen LogP contribution in [0.4, 0.5) is 18.9 Å². The molecule has 0 spiro atoms. The second kappa shape index (κ2) is 5.36. The van der Waals surface area contributed by atoms with Crippen LogP contribution in [-0.2, 0) is 6.18 Å². The first-order chi connectivity index (χ1) is 8.73. The molecule has 0 aliphatic rings. The van der Waals surface area contributed by atoms with Crippen LogP contribution >= 0.6 is 15.9 Å². The minimum atomic E-state index is -4.91.